The molecule has 0 radical (unpaired) electrons. The number of carbonyl (C=O) groups is 1. The summed E-state index contributed by atoms with van der Waals surface area (Å²) in [6, 6.07) is 14.5. The minimum atomic E-state index is -3.68. The van der Waals surface area contributed by atoms with Gasteiger partial charge in [0, 0.05) is 28.4 Å². The largest absolute Gasteiger partial charge is 0.302 e. The quantitative estimate of drug-likeness (QED) is 0.531. The molecule has 3 aromatic rings. The zero-order valence-corrected chi connectivity index (χ0v) is 18.2. The van der Waals surface area contributed by atoms with E-state index in [1.54, 1.807) is 18.2 Å². The minimum absolute atomic E-state index is 0.00310. The molecule has 1 aromatic heterocycles. The number of thiazole rings is 1. The molecular weight excluding hydrogens is 462 g/mol. The molecule has 0 aliphatic heterocycles. The Morgan fingerprint density at radius 1 is 1.14 bits per heavy atom. The number of nitrogens with one attached hydrogen (secondary N) is 2. The maximum atomic E-state index is 12.3. The summed E-state index contributed by atoms with van der Waals surface area (Å²) in [4.78, 5) is 16.6. The van der Waals surface area contributed by atoms with Crippen molar-refractivity contribution < 1.29 is 13.2 Å². The first kappa shape index (κ1) is 20.7. The number of carbonyl (C=O) groups excluding carboxylic acids is 1. The number of anilines is 1. The lowest BCUT2D eigenvalue weighted by Gasteiger charge is -2.08. The SMILES string of the molecule is Cc1ccc(-c2csc(NC(=O)CCNS(=O)(=O)c3ccccc3Br)n2)cc1. The maximum Gasteiger partial charge on any atom is 0.241 e. The Kier molecular flexibility index (Phi) is 6.61. The van der Waals surface area contributed by atoms with E-state index in [2.05, 4.69) is 31.0 Å². The van der Waals surface area contributed by atoms with Crippen LogP contribution in [-0.4, -0.2) is 25.9 Å². The van der Waals surface area contributed by atoms with Crippen LogP contribution in [0.5, 0.6) is 0 Å². The Balaban J connectivity index is 1.54. The fourth-order valence-corrected chi connectivity index (χ4v) is 5.18. The predicted octanol–water partition coefficient (Wildman–Crippen LogP) is 4.19. The highest BCUT2D eigenvalue weighted by atomic mass is 79.9. The number of benzene rings is 2. The van der Waals surface area contributed by atoms with Crippen molar-refractivity contribution in [3.63, 3.8) is 0 Å². The van der Waals surface area contributed by atoms with Crippen molar-refractivity contribution in [2.24, 2.45) is 0 Å². The van der Waals surface area contributed by atoms with Crippen LogP contribution in [0.3, 0.4) is 0 Å². The van der Waals surface area contributed by atoms with Crippen LogP contribution in [0, 0.1) is 6.92 Å². The van der Waals surface area contributed by atoms with Crippen molar-refractivity contribution in [2.45, 2.75) is 18.2 Å². The van der Waals surface area contributed by atoms with Gasteiger partial charge in [-0.3, -0.25) is 4.79 Å². The topological polar surface area (TPSA) is 88.2 Å². The number of amides is 1. The fraction of sp³-hybridized carbons (Fsp3) is 0.158. The van der Waals surface area contributed by atoms with E-state index in [1.807, 2.05) is 36.6 Å². The summed E-state index contributed by atoms with van der Waals surface area (Å²) in [5.74, 6) is -0.306. The van der Waals surface area contributed by atoms with E-state index in [1.165, 1.54) is 17.4 Å². The van der Waals surface area contributed by atoms with Crippen molar-refractivity contribution >= 4 is 48.3 Å². The van der Waals surface area contributed by atoms with E-state index in [0.717, 1.165) is 16.8 Å². The maximum absolute atomic E-state index is 12.3. The van der Waals surface area contributed by atoms with E-state index in [4.69, 9.17) is 0 Å². The number of halogens is 1. The second kappa shape index (κ2) is 8.95. The smallest absolute Gasteiger partial charge is 0.241 e. The van der Waals surface area contributed by atoms with Gasteiger partial charge < -0.3 is 5.32 Å². The van der Waals surface area contributed by atoms with Crippen LogP contribution in [0.1, 0.15) is 12.0 Å². The first-order chi connectivity index (χ1) is 13.3. The molecule has 2 aromatic carbocycles. The first-order valence-electron chi connectivity index (χ1n) is 8.42. The molecule has 6 nitrogen and oxygen atoms in total. The summed E-state index contributed by atoms with van der Waals surface area (Å²) in [5, 5.41) is 5.06. The average molecular weight is 480 g/mol. The molecule has 0 saturated heterocycles. The van der Waals surface area contributed by atoms with Gasteiger partial charge in [0.2, 0.25) is 15.9 Å². The Hall–Kier alpha value is -2.07. The van der Waals surface area contributed by atoms with Crippen molar-refractivity contribution in [2.75, 3.05) is 11.9 Å². The summed E-state index contributed by atoms with van der Waals surface area (Å²) in [6.07, 6.45) is 0.00310. The van der Waals surface area contributed by atoms with Crippen molar-refractivity contribution in [3.8, 4) is 11.3 Å². The van der Waals surface area contributed by atoms with Gasteiger partial charge in [-0.2, -0.15) is 0 Å². The molecular formula is C19H18BrN3O3S2. The van der Waals surface area contributed by atoms with E-state index < -0.39 is 10.0 Å². The van der Waals surface area contributed by atoms with Gasteiger partial charge >= 0.3 is 0 Å². The molecule has 0 atom stereocenters. The molecule has 146 valence electrons. The van der Waals surface area contributed by atoms with Crippen LogP contribution in [0.15, 0.2) is 63.3 Å². The molecule has 0 spiro atoms. The summed E-state index contributed by atoms with van der Waals surface area (Å²) >= 11 is 4.54. The van der Waals surface area contributed by atoms with Gasteiger partial charge in [0.05, 0.1) is 10.6 Å². The van der Waals surface area contributed by atoms with Gasteiger partial charge in [0.1, 0.15) is 0 Å². The standard InChI is InChI=1S/C19H18BrN3O3S2/c1-13-6-8-14(9-7-13)16-12-27-19(22-16)23-18(24)10-11-21-28(25,26)17-5-3-2-4-15(17)20/h2-9,12,21H,10-11H2,1H3,(H,22,23,24). The molecule has 0 aliphatic rings. The van der Waals surface area contributed by atoms with E-state index >= 15 is 0 Å². The Morgan fingerprint density at radius 2 is 1.86 bits per heavy atom. The number of hydrogen-bond donors (Lipinski definition) is 2. The molecule has 28 heavy (non-hydrogen) atoms. The van der Waals surface area contributed by atoms with Gasteiger partial charge in [0.15, 0.2) is 5.13 Å². The lowest BCUT2D eigenvalue weighted by atomic mass is 10.1. The summed E-state index contributed by atoms with van der Waals surface area (Å²) in [6.45, 7) is 2.01. The Labute approximate surface area is 176 Å². The van der Waals surface area contributed by atoms with Crippen LogP contribution >= 0.6 is 27.3 Å². The molecule has 1 heterocycles. The molecule has 3 rings (SSSR count). The monoisotopic (exact) mass is 479 g/mol. The van der Waals surface area contributed by atoms with Crippen LogP contribution < -0.4 is 10.0 Å². The molecule has 0 unspecified atom stereocenters. The molecule has 0 aliphatic carbocycles. The molecule has 2 N–H and O–H groups in total. The minimum Gasteiger partial charge on any atom is -0.302 e. The van der Waals surface area contributed by atoms with Gasteiger partial charge in [-0.05, 0) is 35.0 Å². The highest BCUT2D eigenvalue weighted by Crippen LogP contribution is 2.25. The van der Waals surface area contributed by atoms with Crippen LogP contribution in [-0.2, 0) is 14.8 Å². The van der Waals surface area contributed by atoms with Crippen LogP contribution in [0.2, 0.25) is 0 Å². The summed E-state index contributed by atoms with van der Waals surface area (Å²) < 4.78 is 27.5. The fourth-order valence-electron chi connectivity index (χ4n) is 2.41. The summed E-state index contributed by atoms with van der Waals surface area (Å²) in [7, 11) is -3.68. The zero-order chi connectivity index (χ0) is 20.1. The van der Waals surface area contributed by atoms with Crippen molar-refractivity contribution in [3.05, 3.63) is 63.9 Å². The van der Waals surface area contributed by atoms with Gasteiger partial charge in [-0.15, -0.1) is 11.3 Å². The number of sulfonamides is 1. The lowest BCUT2D eigenvalue weighted by molar-refractivity contribution is -0.116. The highest BCUT2D eigenvalue weighted by molar-refractivity contribution is 9.10. The summed E-state index contributed by atoms with van der Waals surface area (Å²) in [5.41, 5.74) is 2.93. The molecule has 0 bridgehead atoms. The van der Waals surface area contributed by atoms with Gasteiger partial charge in [0.25, 0.3) is 0 Å². The number of aromatic nitrogens is 1. The Morgan fingerprint density at radius 3 is 2.57 bits per heavy atom. The van der Waals surface area contributed by atoms with E-state index in [9.17, 15) is 13.2 Å². The number of hydrogen-bond acceptors (Lipinski definition) is 5. The lowest BCUT2D eigenvalue weighted by Crippen LogP contribution is -2.28. The van der Waals surface area contributed by atoms with Crippen LogP contribution in [0.4, 0.5) is 5.13 Å². The number of aryl methyl sites for hydroxylation is 1. The molecule has 1 amide bonds. The molecule has 0 fully saturated rings. The van der Waals surface area contributed by atoms with Gasteiger partial charge in [-0.1, -0.05) is 42.0 Å². The molecule has 9 heteroatoms. The second-order valence-corrected chi connectivity index (χ2v) is 9.48. The van der Waals surface area contributed by atoms with Crippen LogP contribution in [0.25, 0.3) is 11.3 Å². The third-order valence-electron chi connectivity index (χ3n) is 3.87. The van der Waals surface area contributed by atoms with Crippen molar-refractivity contribution in [1.29, 1.82) is 0 Å². The molecule has 0 saturated carbocycles. The first-order valence-corrected chi connectivity index (χ1v) is 11.6. The predicted molar refractivity (Wildman–Crippen MR) is 115 cm³/mol. The van der Waals surface area contributed by atoms with Gasteiger partial charge in [-0.25, -0.2) is 18.1 Å². The third kappa shape index (κ3) is 5.26. The third-order valence-corrected chi connectivity index (χ3v) is 7.10. The van der Waals surface area contributed by atoms with Crippen molar-refractivity contribution in [1.82, 2.24) is 9.71 Å². The Bertz CT molecular complexity index is 1080. The number of nitrogens with zero attached hydrogens (tertiary/aromatic N) is 1. The second-order valence-electron chi connectivity index (χ2n) is 6.03. The number of rotatable bonds is 7. The normalized spacial score (nSPS) is 11.4. The van der Waals surface area contributed by atoms with E-state index in [-0.39, 0.29) is 23.8 Å². The highest BCUT2D eigenvalue weighted by Gasteiger charge is 2.17. The van der Waals surface area contributed by atoms with E-state index in [0.29, 0.717) is 9.60 Å². The zero-order valence-electron chi connectivity index (χ0n) is 15.0. The average Bonchev–Trinajstić information content (AvgIpc) is 3.10.